The van der Waals surface area contributed by atoms with Crippen molar-refractivity contribution in [3.05, 3.63) is 10.1 Å². The van der Waals surface area contributed by atoms with Gasteiger partial charge in [0.1, 0.15) is 0 Å². The maximum absolute atomic E-state index is 8.12. The first kappa shape index (κ1) is 28.4. The van der Waals surface area contributed by atoms with Crippen molar-refractivity contribution < 1.29 is 55.7 Å². The van der Waals surface area contributed by atoms with Gasteiger partial charge in [-0.3, -0.25) is 10.1 Å². The summed E-state index contributed by atoms with van der Waals surface area (Å²) in [5.74, 6) is 0. The van der Waals surface area contributed by atoms with Crippen LogP contribution >= 0.6 is 0 Å². The molecule has 0 aromatic carbocycles. The van der Waals surface area contributed by atoms with Crippen LogP contribution in [0.3, 0.4) is 0 Å². The van der Waals surface area contributed by atoms with E-state index < -0.39 is 0 Å². The van der Waals surface area contributed by atoms with Crippen molar-refractivity contribution in [1.29, 1.82) is 0 Å². The molecule has 6 heteroatoms. The summed E-state index contributed by atoms with van der Waals surface area (Å²) < 4.78 is 0. The Morgan fingerprint density at radius 2 is 1.50 bits per heavy atom. The average Bonchev–Trinajstić information content (AvgIpc) is 0.918. The molecule has 0 saturated carbocycles. The second-order valence-corrected chi connectivity index (χ2v) is 0.0833. The van der Waals surface area contributed by atoms with Crippen molar-refractivity contribution in [2.45, 2.75) is 0 Å². The largest absolute Gasteiger partial charge is 0.267 e. The van der Waals surface area contributed by atoms with Crippen LogP contribution in [0.25, 0.3) is 0 Å². The van der Waals surface area contributed by atoms with E-state index in [0.717, 1.165) is 0 Å². The van der Waals surface area contributed by atoms with Gasteiger partial charge < -0.3 is 0 Å². The first-order chi connectivity index (χ1) is 1.41. The zero-order chi connectivity index (χ0) is 2.71. The molecule has 0 aliphatic heterocycles. The predicted molar refractivity (Wildman–Crippen MR) is 7.70 cm³/mol. The van der Waals surface area contributed by atoms with E-state index in [-0.39, 0.29) is 55.7 Å². The SMILES string of the molecule is O=[NH+][O-].[Co].[Mn].[Ni]. The summed E-state index contributed by atoms with van der Waals surface area (Å²) in [4.78, 5) is 8.12. The molecule has 0 aliphatic carbocycles. The molecular formula is HCoMnNNiO2. The van der Waals surface area contributed by atoms with Crippen LogP contribution in [0.15, 0.2) is 0 Å². The molecule has 0 aliphatic rings. The molecule has 0 aromatic rings. The Morgan fingerprint density at radius 1 is 1.50 bits per heavy atom. The van der Waals surface area contributed by atoms with E-state index in [1.165, 1.54) is 0 Å². The van der Waals surface area contributed by atoms with Crippen molar-refractivity contribution in [2.24, 2.45) is 0 Å². The molecule has 1 N–H and O–H groups in total. The Morgan fingerprint density at radius 3 is 1.50 bits per heavy atom. The predicted octanol–water partition coefficient (Wildman–Crippen LogP) is -1.68. The summed E-state index contributed by atoms with van der Waals surface area (Å²) in [6.45, 7) is 0. The summed E-state index contributed by atoms with van der Waals surface area (Å²) in [5, 5.41) is 8.38. The fourth-order valence-electron chi connectivity index (χ4n) is 0. The minimum Gasteiger partial charge on any atom is -0.267 e. The minimum atomic E-state index is 0. The molecule has 2 radical (unpaired) electrons. The minimum absolute atomic E-state index is 0. The molecule has 0 fully saturated rings. The van der Waals surface area contributed by atoms with Crippen LogP contribution in [0, 0.1) is 10.1 Å². The molecule has 44 valence electrons. The van der Waals surface area contributed by atoms with Crippen LogP contribution in [0.5, 0.6) is 0 Å². The second kappa shape index (κ2) is 38.9. The molecular weight excluding hydrogens is 219 g/mol. The van der Waals surface area contributed by atoms with E-state index in [0.29, 0.717) is 0 Å². The van der Waals surface area contributed by atoms with Gasteiger partial charge in [-0.05, 0) is 0 Å². The van der Waals surface area contributed by atoms with Crippen LogP contribution in [0.2, 0.25) is 0 Å². The van der Waals surface area contributed by atoms with Gasteiger partial charge in [-0.1, -0.05) is 0 Å². The Hall–Kier alpha value is 0.919. The number of hydrogen-bond acceptors (Lipinski definition) is 2. The third-order valence-corrected chi connectivity index (χ3v) is 0. The monoisotopic (exact) mass is 219 g/mol. The van der Waals surface area contributed by atoms with E-state index in [9.17, 15) is 0 Å². The van der Waals surface area contributed by atoms with E-state index in [1.54, 1.807) is 0 Å². The summed E-state index contributed by atoms with van der Waals surface area (Å²) in [7, 11) is 0. The van der Waals surface area contributed by atoms with E-state index in [2.05, 4.69) is 0 Å². The van der Waals surface area contributed by atoms with Gasteiger partial charge in [0.05, 0.1) is 0 Å². The topological polar surface area (TPSA) is 54.1 Å². The molecule has 0 heterocycles. The van der Waals surface area contributed by atoms with Gasteiger partial charge in [0.2, 0.25) is 0 Å². The van der Waals surface area contributed by atoms with Crippen LogP contribution in [-0.2, 0) is 50.3 Å². The van der Waals surface area contributed by atoms with Gasteiger partial charge in [0.25, 0.3) is 0 Å². The average molecular weight is 220 g/mol. The maximum atomic E-state index is 8.12. The van der Waals surface area contributed by atoms with E-state index in [4.69, 9.17) is 10.1 Å². The van der Waals surface area contributed by atoms with Crippen molar-refractivity contribution >= 4 is 0 Å². The molecule has 3 nitrogen and oxygen atoms in total. The van der Waals surface area contributed by atoms with E-state index >= 15 is 0 Å². The standard InChI is InChI=1S/Co.Mn.HNO2.Ni/c;;2-1-3;/h;;1H;. The molecule has 0 unspecified atom stereocenters. The summed E-state index contributed by atoms with van der Waals surface area (Å²) in [6.07, 6.45) is 0. The summed E-state index contributed by atoms with van der Waals surface area (Å²) in [6, 6.07) is 0. The van der Waals surface area contributed by atoms with Gasteiger partial charge in [0, 0.05) is 55.7 Å². The van der Waals surface area contributed by atoms with Gasteiger partial charge >= 0.3 is 0 Å². The molecule has 0 rings (SSSR count). The fraction of sp³-hybridized carbons (Fsp3) is 0. The quantitative estimate of drug-likeness (QED) is 0.301. The Balaban J connectivity index is -0.00000000667. The molecule has 0 saturated heterocycles. The zero-order valence-corrected chi connectivity index (χ0v) is 5.55. The van der Waals surface area contributed by atoms with Gasteiger partial charge in [0.15, 0.2) is 0 Å². The summed E-state index contributed by atoms with van der Waals surface area (Å²) >= 11 is 0. The fourth-order valence-corrected chi connectivity index (χ4v) is 0. The molecule has 0 bridgehead atoms. The van der Waals surface area contributed by atoms with Crippen LogP contribution in [-0.4, -0.2) is 0 Å². The van der Waals surface area contributed by atoms with Crippen molar-refractivity contribution in [2.75, 3.05) is 0 Å². The normalized spacial score (nSPS) is 2.00. The molecule has 0 amide bonds. The number of nitrogens with one attached hydrogen (secondary N) is 1. The smallest absolute Gasteiger partial charge is 0.00366 e. The Kier molecular flexibility index (Phi) is 184. The van der Waals surface area contributed by atoms with Crippen molar-refractivity contribution in [3.8, 4) is 0 Å². The maximum Gasteiger partial charge on any atom is 0.00366 e. The van der Waals surface area contributed by atoms with Crippen LogP contribution < -0.4 is 5.34 Å². The third-order valence-electron chi connectivity index (χ3n) is 0. The molecule has 0 spiro atoms. The first-order valence-electron chi connectivity index (χ1n) is 0.408. The summed E-state index contributed by atoms with van der Waals surface area (Å²) in [5.41, 5.74) is 0. The van der Waals surface area contributed by atoms with Gasteiger partial charge in [-0.25, -0.2) is 0 Å². The van der Waals surface area contributed by atoms with Crippen LogP contribution in [0.1, 0.15) is 0 Å². The van der Waals surface area contributed by atoms with Crippen molar-refractivity contribution in [1.82, 2.24) is 0 Å². The van der Waals surface area contributed by atoms with Crippen LogP contribution in [0.4, 0.5) is 0 Å². The zero-order valence-electron chi connectivity index (χ0n) is 2.34. The van der Waals surface area contributed by atoms with Gasteiger partial charge in [-0.2, -0.15) is 0 Å². The van der Waals surface area contributed by atoms with Gasteiger partial charge in [-0.15, -0.1) is 0 Å². The third kappa shape index (κ3) is 89.4. The first-order valence-corrected chi connectivity index (χ1v) is 0.408. The molecule has 6 heavy (non-hydrogen) atoms. The Bertz CT molecular complexity index is 21.0. The number of hydrogen-bond donors (Lipinski definition) is 1. The molecule has 0 aromatic heterocycles. The van der Waals surface area contributed by atoms with Crippen molar-refractivity contribution in [3.63, 3.8) is 0 Å². The molecule has 0 atom stereocenters. The Labute approximate surface area is 65.8 Å². The second-order valence-electron chi connectivity index (χ2n) is 0.0833. The number of rotatable bonds is 0. The van der Waals surface area contributed by atoms with E-state index in [1.807, 2.05) is 0 Å².